The van der Waals surface area contributed by atoms with Gasteiger partial charge < -0.3 is 10.1 Å². The summed E-state index contributed by atoms with van der Waals surface area (Å²) < 4.78 is 34.8. The van der Waals surface area contributed by atoms with Gasteiger partial charge in [-0.3, -0.25) is 4.18 Å². The summed E-state index contributed by atoms with van der Waals surface area (Å²) in [5.41, 5.74) is 0.511. The van der Waals surface area contributed by atoms with E-state index in [0.717, 1.165) is 12.0 Å². The number of hydrogen-bond acceptors (Lipinski definition) is 5. The fraction of sp³-hybridized carbons (Fsp3) is 0.588. The van der Waals surface area contributed by atoms with Gasteiger partial charge >= 0.3 is 6.09 Å². The van der Waals surface area contributed by atoms with E-state index in [9.17, 15) is 13.2 Å². The molecule has 0 radical (unpaired) electrons. The lowest BCUT2D eigenvalue weighted by atomic mass is 9.90. The Labute approximate surface area is 143 Å². The van der Waals surface area contributed by atoms with Crippen LogP contribution in [0.3, 0.4) is 0 Å². The zero-order valence-corrected chi connectivity index (χ0v) is 15.4. The molecule has 1 aromatic rings. The molecule has 1 aromatic carbocycles. The van der Waals surface area contributed by atoms with Crippen molar-refractivity contribution >= 4 is 16.2 Å². The number of ether oxygens (including phenoxy) is 1. The fourth-order valence-electron chi connectivity index (χ4n) is 2.36. The van der Waals surface area contributed by atoms with Crippen molar-refractivity contribution in [2.24, 2.45) is 0 Å². The maximum Gasteiger partial charge on any atom is 0.407 e. The van der Waals surface area contributed by atoms with Crippen LogP contribution in [0.5, 0.6) is 0 Å². The van der Waals surface area contributed by atoms with Gasteiger partial charge in [0.25, 0.3) is 10.1 Å². The molecule has 0 saturated heterocycles. The summed E-state index contributed by atoms with van der Waals surface area (Å²) >= 11 is 0. The zero-order chi connectivity index (χ0) is 18.0. The first-order valence-corrected chi connectivity index (χ1v) is 9.51. The van der Waals surface area contributed by atoms with Crippen LogP contribution in [0, 0.1) is 0 Å². The monoisotopic (exact) mass is 355 g/mol. The lowest BCUT2D eigenvalue weighted by molar-refractivity contribution is 0.0376. The Kier molecular flexibility index (Phi) is 5.55. The second-order valence-corrected chi connectivity index (χ2v) is 8.56. The predicted molar refractivity (Wildman–Crippen MR) is 90.3 cm³/mol. The molecule has 1 amide bonds. The second kappa shape index (κ2) is 7.11. The molecule has 0 bridgehead atoms. The molecular formula is C17H25NO5S. The maximum absolute atomic E-state index is 12.2. The van der Waals surface area contributed by atoms with Crippen LogP contribution in [0.25, 0.3) is 0 Å². The van der Waals surface area contributed by atoms with E-state index >= 15 is 0 Å². The summed E-state index contributed by atoms with van der Waals surface area (Å²) in [7, 11) is -3.77. The molecule has 1 saturated carbocycles. The molecule has 6 nitrogen and oxygen atoms in total. The number of carbonyl (C=O) groups is 1. The molecule has 1 aliphatic rings. The third kappa shape index (κ3) is 5.21. The van der Waals surface area contributed by atoms with Gasteiger partial charge in [0.1, 0.15) is 5.60 Å². The van der Waals surface area contributed by atoms with Crippen molar-refractivity contribution < 1.29 is 22.1 Å². The Morgan fingerprint density at radius 1 is 1.21 bits per heavy atom. The van der Waals surface area contributed by atoms with E-state index in [2.05, 4.69) is 5.32 Å². The van der Waals surface area contributed by atoms with Crippen LogP contribution in [0.1, 0.15) is 46.1 Å². The maximum atomic E-state index is 12.2. The Morgan fingerprint density at radius 2 is 1.79 bits per heavy atom. The highest BCUT2D eigenvalue weighted by atomic mass is 32.2. The van der Waals surface area contributed by atoms with Gasteiger partial charge in [0.2, 0.25) is 0 Å². The number of carbonyl (C=O) groups excluding carboxylic acids is 1. The van der Waals surface area contributed by atoms with Gasteiger partial charge in [0, 0.05) is 6.04 Å². The molecule has 24 heavy (non-hydrogen) atoms. The van der Waals surface area contributed by atoms with Crippen LogP contribution >= 0.6 is 0 Å². The Hall–Kier alpha value is -1.60. The van der Waals surface area contributed by atoms with Gasteiger partial charge in [0.15, 0.2) is 0 Å². The van der Waals surface area contributed by atoms with E-state index in [0.29, 0.717) is 12.8 Å². The summed E-state index contributed by atoms with van der Waals surface area (Å²) in [6.07, 6.45) is 0.837. The summed E-state index contributed by atoms with van der Waals surface area (Å²) in [5, 5.41) is 2.71. The van der Waals surface area contributed by atoms with Gasteiger partial charge in [0.05, 0.1) is 11.0 Å². The molecule has 0 heterocycles. The summed E-state index contributed by atoms with van der Waals surface area (Å²) in [5.74, 6) is 0. The van der Waals surface area contributed by atoms with E-state index in [1.54, 1.807) is 45.0 Å². The first-order chi connectivity index (χ1) is 11.1. The molecule has 0 unspecified atom stereocenters. The topological polar surface area (TPSA) is 81.7 Å². The average molecular weight is 355 g/mol. The van der Waals surface area contributed by atoms with E-state index in [1.165, 1.54) is 0 Å². The number of aryl methyl sites for hydroxylation is 1. The van der Waals surface area contributed by atoms with Crippen molar-refractivity contribution in [3.05, 3.63) is 29.8 Å². The largest absolute Gasteiger partial charge is 0.444 e. The van der Waals surface area contributed by atoms with Crippen LogP contribution < -0.4 is 5.32 Å². The number of benzene rings is 1. The zero-order valence-electron chi connectivity index (χ0n) is 14.5. The van der Waals surface area contributed by atoms with E-state index in [4.69, 9.17) is 8.92 Å². The van der Waals surface area contributed by atoms with Crippen molar-refractivity contribution in [3.8, 4) is 0 Å². The molecule has 7 heteroatoms. The summed E-state index contributed by atoms with van der Waals surface area (Å²) in [6.45, 7) is 7.37. The lowest BCUT2D eigenvalue weighted by Gasteiger charge is -2.35. The Bertz CT molecular complexity index is 670. The quantitative estimate of drug-likeness (QED) is 0.821. The smallest absolute Gasteiger partial charge is 0.407 e. The Morgan fingerprint density at radius 3 is 2.29 bits per heavy atom. The number of nitrogens with one attached hydrogen (secondary N) is 1. The number of rotatable bonds is 5. The van der Waals surface area contributed by atoms with Crippen LogP contribution in [0.15, 0.2) is 29.2 Å². The predicted octanol–water partition coefficient (Wildman–Crippen LogP) is 3.01. The van der Waals surface area contributed by atoms with Crippen LogP contribution in [-0.2, 0) is 25.5 Å². The summed E-state index contributed by atoms with van der Waals surface area (Å²) in [6, 6.07) is 6.56. The summed E-state index contributed by atoms with van der Waals surface area (Å²) in [4.78, 5) is 11.8. The van der Waals surface area contributed by atoms with Crippen LogP contribution in [0.2, 0.25) is 0 Å². The molecule has 134 valence electrons. The molecule has 0 aliphatic heterocycles. The van der Waals surface area contributed by atoms with Crippen LogP contribution in [0.4, 0.5) is 4.79 Å². The van der Waals surface area contributed by atoms with Gasteiger partial charge in [-0.05, 0) is 57.7 Å². The highest BCUT2D eigenvalue weighted by Crippen LogP contribution is 2.28. The molecule has 0 spiro atoms. The minimum atomic E-state index is -3.77. The van der Waals surface area contributed by atoms with E-state index in [1.807, 2.05) is 6.92 Å². The van der Waals surface area contributed by atoms with Crippen molar-refractivity contribution in [1.82, 2.24) is 5.32 Å². The van der Waals surface area contributed by atoms with Crippen LogP contribution in [-0.4, -0.2) is 32.3 Å². The van der Waals surface area contributed by atoms with Gasteiger partial charge in [-0.2, -0.15) is 8.42 Å². The van der Waals surface area contributed by atoms with Gasteiger partial charge in [-0.15, -0.1) is 0 Å². The van der Waals surface area contributed by atoms with E-state index in [-0.39, 0.29) is 10.9 Å². The van der Waals surface area contributed by atoms with Crippen molar-refractivity contribution in [2.75, 3.05) is 0 Å². The van der Waals surface area contributed by atoms with Gasteiger partial charge in [-0.25, -0.2) is 4.79 Å². The molecule has 0 aromatic heterocycles. The third-order valence-corrected chi connectivity index (χ3v) is 5.07. The normalized spacial score (nSPS) is 21.0. The number of alkyl carbamates (subject to hydrolysis) is 1. The minimum Gasteiger partial charge on any atom is -0.444 e. The van der Waals surface area contributed by atoms with E-state index < -0.39 is 27.9 Å². The van der Waals surface area contributed by atoms with Crippen molar-refractivity contribution in [2.45, 2.75) is 69.6 Å². The average Bonchev–Trinajstić information content (AvgIpc) is 2.43. The molecule has 1 N–H and O–H groups in total. The molecule has 1 aliphatic carbocycles. The minimum absolute atomic E-state index is 0.123. The lowest BCUT2D eigenvalue weighted by Crippen LogP contribution is -2.49. The number of amides is 1. The highest BCUT2D eigenvalue weighted by Gasteiger charge is 2.36. The Balaban J connectivity index is 1.82. The second-order valence-electron chi connectivity index (χ2n) is 6.98. The SMILES string of the molecule is CCc1ccc(S(=O)(=O)OC2CC(NC(=O)OC(C)(C)C)C2)cc1. The molecular weight excluding hydrogens is 330 g/mol. The molecule has 1 fully saturated rings. The standard InChI is InChI=1S/C17H25NO5S/c1-5-12-6-8-15(9-7-12)24(20,21)23-14-10-13(11-14)18-16(19)22-17(2,3)4/h6-9,13-14H,5,10-11H2,1-4H3,(H,18,19). The number of hydrogen-bond donors (Lipinski definition) is 1. The molecule has 0 atom stereocenters. The molecule has 2 rings (SSSR count). The highest BCUT2D eigenvalue weighted by molar-refractivity contribution is 7.86. The third-order valence-electron chi connectivity index (χ3n) is 3.70. The first-order valence-electron chi connectivity index (χ1n) is 8.11. The fourth-order valence-corrected chi connectivity index (χ4v) is 3.46. The van der Waals surface area contributed by atoms with Crippen molar-refractivity contribution in [1.29, 1.82) is 0 Å². The van der Waals surface area contributed by atoms with Crippen molar-refractivity contribution in [3.63, 3.8) is 0 Å². The van der Waals surface area contributed by atoms with Gasteiger partial charge in [-0.1, -0.05) is 19.1 Å². The first kappa shape index (κ1) is 18.7.